The SMILES string of the molecule is O=[N+]([O-])c1ccc(-c2ccc(/C=N/Nc3ccc(Br)cc3)o2)cc1. The smallest absolute Gasteiger partial charge is 0.269 e. The van der Waals surface area contributed by atoms with Crippen molar-refractivity contribution in [2.45, 2.75) is 0 Å². The number of hydrazone groups is 1. The molecule has 2 aromatic carbocycles. The predicted molar refractivity (Wildman–Crippen MR) is 96.2 cm³/mol. The number of anilines is 1. The molecule has 7 heteroatoms. The first-order valence-corrected chi connectivity index (χ1v) is 7.80. The zero-order chi connectivity index (χ0) is 16.9. The Morgan fingerprint density at radius 1 is 1.04 bits per heavy atom. The van der Waals surface area contributed by atoms with Gasteiger partial charge < -0.3 is 4.42 Å². The van der Waals surface area contributed by atoms with Crippen LogP contribution in [-0.4, -0.2) is 11.1 Å². The number of hydrogen-bond donors (Lipinski definition) is 1. The van der Waals surface area contributed by atoms with E-state index >= 15 is 0 Å². The maximum atomic E-state index is 10.7. The number of nitrogens with one attached hydrogen (secondary N) is 1. The quantitative estimate of drug-likeness (QED) is 0.377. The number of benzene rings is 2. The van der Waals surface area contributed by atoms with Gasteiger partial charge in [-0.15, -0.1) is 0 Å². The second-order valence-corrected chi connectivity index (χ2v) is 5.80. The van der Waals surface area contributed by atoms with Gasteiger partial charge in [0.05, 0.1) is 16.8 Å². The van der Waals surface area contributed by atoms with Gasteiger partial charge in [-0.3, -0.25) is 15.5 Å². The fraction of sp³-hybridized carbons (Fsp3) is 0. The molecule has 0 aliphatic heterocycles. The second kappa shape index (κ2) is 7.10. The van der Waals surface area contributed by atoms with Gasteiger partial charge >= 0.3 is 0 Å². The number of nitrogens with zero attached hydrogens (tertiary/aromatic N) is 2. The van der Waals surface area contributed by atoms with Gasteiger partial charge in [-0.05, 0) is 48.5 Å². The number of furan rings is 1. The molecule has 3 rings (SSSR count). The molecule has 0 aliphatic rings. The fourth-order valence-corrected chi connectivity index (χ4v) is 2.28. The van der Waals surface area contributed by atoms with E-state index in [4.69, 9.17) is 4.42 Å². The summed E-state index contributed by atoms with van der Waals surface area (Å²) in [5, 5.41) is 14.8. The first-order chi connectivity index (χ1) is 11.6. The minimum atomic E-state index is -0.433. The highest BCUT2D eigenvalue weighted by molar-refractivity contribution is 9.10. The summed E-state index contributed by atoms with van der Waals surface area (Å²) in [5.74, 6) is 1.20. The number of halogens is 1. The van der Waals surface area contributed by atoms with E-state index in [1.807, 2.05) is 24.3 Å². The molecule has 6 nitrogen and oxygen atoms in total. The highest BCUT2D eigenvalue weighted by Crippen LogP contribution is 2.24. The van der Waals surface area contributed by atoms with Gasteiger partial charge in [-0.25, -0.2) is 0 Å². The van der Waals surface area contributed by atoms with Crippen molar-refractivity contribution in [2.75, 3.05) is 5.43 Å². The Morgan fingerprint density at radius 2 is 1.75 bits per heavy atom. The molecule has 0 saturated carbocycles. The zero-order valence-electron chi connectivity index (χ0n) is 12.3. The number of nitro groups is 1. The Morgan fingerprint density at radius 3 is 2.42 bits per heavy atom. The van der Waals surface area contributed by atoms with Crippen molar-refractivity contribution >= 4 is 33.5 Å². The monoisotopic (exact) mass is 385 g/mol. The van der Waals surface area contributed by atoms with Crippen molar-refractivity contribution in [3.63, 3.8) is 0 Å². The van der Waals surface area contributed by atoms with E-state index in [2.05, 4.69) is 26.5 Å². The molecule has 0 fully saturated rings. The van der Waals surface area contributed by atoms with Gasteiger partial charge in [0.1, 0.15) is 11.5 Å². The van der Waals surface area contributed by atoms with E-state index < -0.39 is 4.92 Å². The lowest BCUT2D eigenvalue weighted by Crippen LogP contribution is -1.89. The van der Waals surface area contributed by atoms with Crippen molar-refractivity contribution in [2.24, 2.45) is 5.10 Å². The number of hydrogen-bond acceptors (Lipinski definition) is 5. The Balaban J connectivity index is 1.67. The highest BCUT2D eigenvalue weighted by atomic mass is 79.9. The molecule has 0 spiro atoms. The van der Waals surface area contributed by atoms with Crippen LogP contribution in [0.5, 0.6) is 0 Å². The normalized spacial score (nSPS) is 10.9. The van der Waals surface area contributed by atoms with E-state index in [9.17, 15) is 10.1 Å². The fourth-order valence-electron chi connectivity index (χ4n) is 2.02. The van der Waals surface area contributed by atoms with Crippen LogP contribution in [-0.2, 0) is 0 Å². The summed E-state index contributed by atoms with van der Waals surface area (Å²) >= 11 is 3.37. The molecule has 0 radical (unpaired) electrons. The largest absolute Gasteiger partial charge is 0.455 e. The van der Waals surface area contributed by atoms with Crippen molar-refractivity contribution in [3.05, 3.63) is 81.0 Å². The molecule has 3 aromatic rings. The third-order valence-corrected chi connectivity index (χ3v) is 3.75. The van der Waals surface area contributed by atoms with Crippen LogP contribution in [0.15, 0.2) is 74.7 Å². The minimum Gasteiger partial charge on any atom is -0.455 e. The Labute approximate surface area is 146 Å². The second-order valence-electron chi connectivity index (χ2n) is 4.88. The number of non-ortho nitro benzene ring substituents is 1. The Kier molecular flexibility index (Phi) is 4.72. The summed E-state index contributed by atoms with van der Waals surface area (Å²) in [7, 11) is 0. The van der Waals surface area contributed by atoms with Crippen molar-refractivity contribution in [1.82, 2.24) is 0 Å². The Bertz CT molecular complexity index is 871. The van der Waals surface area contributed by atoms with E-state index in [1.165, 1.54) is 12.1 Å². The van der Waals surface area contributed by atoms with Gasteiger partial charge in [0.25, 0.3) is 5.69 Å². The van der Waals surface area contributed by atoms with Crippen molar-refractivity contribution in [3.8, 4) is 11.3 Å². The maximum absolute atomic E-state index is 10.7. The molecule has 24 heavy (non-hydrogen) atoms. The maximum Gasteiger partial charge on any atom is 0.269 e. The van der Waals surface area contributed by atoms with Crippen LogP contribution in [0.25, 0.3) is 11.3 Å². The standard InChI is InChI=1S/C17H12BrN3O3/c18-13-3-5-14(6-4-13)20-19-11-16-9-10-17(24-16)12-1-7-15(8-2-12)21(22)23/h1-11,20H/b19-11+. The first-order valence-electron chi connectivity index (χ1n) is 7.01. The first kappa shape index (κ1) is 15.9. The summed E-state index contributed by atoms with van der Waals surface area (Å²) < 4.78 is 6.66. The lowest BCUT2D eigenvalue weighted by Gasteiger charge is -1.99. The van der Waals surface area contributed by atoms with E-state index in [1.54, 1.807) is 30.5 Å². The van der Waals surface area contributed by atoms with E-state index in [-0.39, 0.29) is 5.69 Å². The van der Waals surface area contributed by atoms with Gasteiger partial charge in [0.15, 0.2) is 0 Å². The molecule has 0 saturated heterocycles. The summed E-state index contributed by atoms with van der Waals surface area (Å²) in [5.41, 5.74) is 4.57. The molecule has 1 N–H and O–H groups in total. The van der Waals surface area contributed by atoms with Crippen LogP contribution in [0.1, 0.15) is 5.76 Å². The summed E-state index contributed by atoms with van der Waals surface area (Å²) in [6.07, 6.45) is 1.57. The van der Waals surface area contributed by atoms with Crippen LogP contribution >= 0.6 is 15.9 Å². The van der Waals surface area contributed by atoms with Gasteiger partial charge in [0.2, 0.25) is 0 Å². The zero-order valence-corrected chi connectivity index (χ0v) is 13.9. The van der Waals surface area contributed by atoms with Crippen LogP contribution < -0.4 is 5.43 Å². The molecular formula is C17H12BrN3O3. The van der Waals surface area contributed by atoms with Crippen LogP contribution in [0.3, 0.4) is 0 Å². The topological polar surface area (TPSA) is 80.7 Å². The molecule has 0 bridgehead atoms. The lowest BCUT2D eigenvalue weighted by molar-refractivity contribution is -0.384. The highest BCUT2D eigenvalue weighted by Gasteiger charge is 2.07. The third kappa shape index (κ3) is 3.88. The molecule has 0 aliphatic carbocycles. The predicted octanol–water partition coefficient (Wildman–Crippen LogP) is 5.06. The van der Waals surface area contributed by atoms with Gasteiger partial charge in [0, 0.05) is 22.2 Å². The minimum absolute atomic E-state index is 0.0470. The summed E-state index contributed by atoms with van der Waals surface area (Å²) in [6, 6.07) is 17.4. The molecular weight excluding hydrogens is 374 g/mol. The van der Waals surface area contributed by atoms with E-state index in [0.29, 0.717) is 11.5 Å². The van der Waals surface area contributed by atoms with Crippen molar-refractivity contribution < 1.29 is 9.34 Å². The number of rotatable bonds is 5. The van der Waals surface area contributed by atoms with E-state index in [0.717, 1.165) is 15.7 Å². The Hall–Kier alpha value is -2.93. The molecule has 1 aromatic heterocycles. The summed E-state index contributed by atoms with van der Waals surface area (Å²) in [6.45, 7) is 0. The van der Waals surface area contributed by atoms with Crippen molar-refractivity contribution in [1.29, 1.82) is 0 Å². The third-order valence-electron chi connectivity index (χ3n) is 3.22. The van der Waals surface area contributed by atoms with Crippen LogP contribution in [0.4, 0.5) is 11.4 Å². The van der Waals surface area contributed by atoms with Crippen LogP contribution in [0.2, 0.25) is 0 Å². The van der Waals surface area contributed by atoms with Gasteiger partial charge in [-0.2, -0.15) is 5.10 Å². The average molecular weight is 386 g/mol. The molecule has 0 amide bonds. The number of nitro benzene ring substituents is 1. The molecule has 1 heterocycles. The summed E-state index contributed by atoms with van der Waals surface area (Å²) in [4.78, 5) is 10.2. The molecule has 0 unspecified atom stereocenters. The lowest BCUT2D eigenvalue weighted by atomic mass is 10.1. The van der Waals surface area contributed by atoms with Crippen LogP contribution in [0, 0.1) is 10.1 Å². The van der Waals surface area contributed by atoms with Gasteiger partial charge in [-0.1, -0.05) is 15.9 Å². The molecule has 0 atom stereocenters. The molecule has 120 valence electrons. The average Bonchev–Trinajstić information content (AvgIpc) is 3.06.